The van der Waals surface area contributed by atoms with Crippen molar-refractivity contribution in [2.75, 3.05) is 36.5 Å². The molecule has 1 aromatic heterocycles. The van der Waals surface area contributed by atoms with Crippen LogP contribution in [-0.4, -0.2) is 53.1 Å². The van der Waals surface area contributed by atoms with Gasteiger partial charge in [-0.3, -0.25) is 9.69 Å². The normalized spacial score (nSPS) is 18.9. The van der Waals surface area contributed by atoms with Gasteiger partial charge in [0.1, 0.15) is 11.6 Å². The van der Waals surface area contributed by atoms with Gasteiger partial charge in [0.25, 0.3) is 5.91 Å². The lowest BCUT2D eigenvalue weighted by Crippen LogP contribution is -2.44. The minimum Gasteiger partial charge on any atom is -0.493 e. The highest BCUT2D eigenvalue weighted by Gasteiger charge is 2.30. The highest BCUT2D eigenvalue weighted by atomic mass is 16.5. The summed E-state index contributed by atoms with van der Waals surface area (Å²) in [6, 6.07) is 18.7. The van der Waals surface area contributed by atoms with Crippen LogP contribution in [0.1, 0.15) is 73.0 Å². The predicted octanol–water partition coefficient (Wildman–Crippen LogP) is 5.89. The van der Waals surface area contributed by atoms with E-state index in [2.05, 4.69) is 34.3 Å². The van der Waals surface area contributed by atoms with Crippen molar-refractivity contribution in [3.63, 3.8) is 0 Å². The maximum absolute atomic E-state index is 14.0. The van der Waals surface area contributed by atoms with Crippen molar-refractivity contribution in [1.29, 1.82) is 0 Å². The van der Waals surface area contributed by atoms with Gasteiger partial charge in [0.05, 0.1) is 12.6 Å². The highest BCUT2D eigenvalue weighted by molar-refractivity contribution is 6.05. The fourth-order valence-electron chi connectivity index (χ4n) is 6.37. The first-order valence-electron chi connectivity index (χ1n) is 14.6. The highest BCUT2D eigenvalue weighted by Crippen LogP contribution is 2.31. The van der Waals surface area contributed by atoms with Crippen LogP contribution in [0, 0.1) is 5.92 Å². The molecule has 3 aliphatic rings. The van der Waals surface area contributed by atoms with E-state index in [1.165, 1.54) is 25.7 Å². The van der Waals surface area contributed by atoms with Crippen LogP contribution < -0.4 is 15.0 Å². The Balaban J connectivity index is 1.22. The van der Waals surface area contributed by atoms with E-state index < -0.39 is 0 Å². The van der Waals surface area contributed by atoms with E-state index in [1.54, 1.807) is 6.20 Å². The van der Waals surface area contributed by atoms with Crippen molar-refractivity contribution in [2.24, 2.45) is 5.92 Å². The molecule has 0 bridgehead atoms. The third kappa shape index (κ3) is 5.93. The number of hydrogen-bond donors (Lipinski definition) is 1. The fraction of sp³-hybridized carbons (Fsp3) is 0.469. The molecule has 0 radical (unpaired) electrons. The van der Waals surface area contributed by atoms with Crippen LogP contribution in [0.3, 0.4) is 0 Å². The first-order valence-corrected chi connectivity index (χ1v) is 14.6. The van der Waals surface area contributed by atoms with Gasteiger partial charge in [-0.2, -0.15) is 4.98 Å². The van der Waals surface area contributed by atoms with Gasteiger partial charge in [-0.1, -0.05) is 43.2 Å². The summed E-state index contributed by atoms with van der Waals surface area (Å²) in [5, 5.41) is 3.42. The van der Waals surface area contributed by atoms with Crippen LogP contribution in [0.5, 0.6) is 5.75 Å². The number of carbonyl (C=O) groups excluding carboxylic acids is 1. The molecule has 0 unspecified atom stereocenters. The van der Waals surface area contributed by atoms with Crippen LogP contribution in [0.25, 0.3) is 0 Å². The predicted molar refractivity (Wildman–Crippen MR) is 154 cm³/mol. The number of anilines is 2. The number of carbonyl (C=O) groups is 1. The van der Waals surface area contributed by atoms with Gasteiger partial charge < -0.3 is 15.0 Å². The summed E-state index contributed by atoms with van der Waals surface area (Å²) in [5.41, 5.74) is 2.95. The van der Waals surface area contributed by atoms with Crippen LogP contribution in [0.4, 0.5) is 11.8 Å². The van der Waals surface area contributed by atoms with E-state index >= 15 is 0 Å². The lowest BCUT2D eigenvalue weighted by atomic mass is 9.94. The van der Waals surface area contributed by atoms with Gasteiger partial charge in [-0.15, -0.1) is 0 Å². The van der Waals surface area contributed by atoms with Gasteiger partial charge in [0.2, 0.25) is 5.95 Å². The van der Waals surface area contributed by atoms with Crippen molar-refractivity contribution < 1.29 is 9.53 Å². The largest absolute Gasteiger partial charge is 0.493 e. The summed E-state index contributed by atoms with van der Waals surface area (Å²) < 4.78 is 5.68. The summed E-state index contributed by atoms with van der Waals surface area (Å²) in [6.45, 7) is 5.68. The maximum Gasteiger partial charge on any atom is 0.259 e. The molecule has 39 heavy (non-hydrogen) atoms. The van der Waals surface area contributed by atoms with E-state index in [4.69, 9.17) is 9.72 Å². The monoisotopic (exact) mass is 525 g/mol. The van der Waals surface area contributed by atoms with E-state index in [0.29, 0.717) is 36.4 Å². The SMILES string of the molecule is C[C@H](Nc1nccc(N(CC2CCN(C3CCCC3)CC2)C(=O)c2ccc3c(c2)CCO3)n1)c1ccccc1. The number of nitrogens with zero attached hydrogens (tertiary/aromatic N) is 4. The lowest BCUT2D eigenvalue weighted by Gasteiger charge is -2.37. The van der Waals surface area contributed by atoms with Crippen LogP contribution in [-0.2, 0) is 6.42 Å². The first-order chi connectivity index (χ1) is 19.1. The summed E-state index contributed by atoms with van der Waals surface area (Å²) in [4.78, 5) is 27.9. The molecular formula is C32H39N5O2. The third-order valence-electron chi connectivity index (χ3n) is 8.68. The average Bonchev–Trinajstić information content (AvgIpc) is 3.69. The molecular weight excluding hydrogens is 486 g/mol. The molecule has 204 valence electrons. The Bertz CT molecular complexity index is 1270. The molecule has 6 rings (SSSR count). The molecule has 1 saturated carbocycles. The molecule has 7 heteroatoms. The van der Waals surface area contributed by atoms with Crippen molar-refractivity contribution in [3.05, 3.63) is 77.5 Å². The molecule has 1 N–H and O–H groups in total. The molecule has 2 aliphatic heterocycles. The topological polar surface area (TPSA) is 70.6 Å². The Morgan fingerprint density at radius 3 is 2.67 bits per heavy atom. The molecule has 1 saturated heterocycles. The van der Waals surface area contributed by atoms with Gasteiger partial charge in [0, 0.05) is 30.8 Å². The van der Waals surface area contributed by atoms with Gasteiger partial charge >= 0.3 is 0 Å². The average molecular weight is 526 g/mol. The third-order valence-corrected chi connectivity index (χ3v) is 8.68. The number of ether oxygens (including phenoxy) is 1. The number of benzene rings is 2. The summed E-state index contributed by atoms with van der Waals surface area (Å²) >= 11 is 0. The molecule has 3 heterocycles. The molecule has 0 spiro atoms. The second-order valence-corrected chi connectivity index (χ2v) is 11.3. The Kier molecular flexibility index (Phi) is 7.77. The van der Waals surface area contributed by atoms with Crippen molar-refractivity contribution in [1.82, 2.24) is 14.9 Å². The zero-order chi connectivity index (χ0) is 26.6. The molecule has 1 atom stereocenters. The van der Waals surface area contributed by atoms with Gasteiger partial charge in [0.15, 0.2) is 0 Å². The zero-order valence-electron chi connectivity index (χ0n) is 22.9. The van der Waals surface area contributed by atoms with Crippen molar-refractivity contribution in [2.45, 2.75) is 64.0 Å². The van der Waals surface area contributed by atoms with Gasteiger partial charge in [-0.05, 0) is 87.0 Å². The second-order valence-electron chi connectivity index (χ2n) is 11.3. The quantitative estimate of drug-likeness (QED) is 0.396. The standard InChI is InChI=1S/C32H39N5O2/c1-23(25-7-3-2-4-8-25)34-32-33-17-13-30(35-32)37(31(38)27-11-12-29-26(21-27)16-20-39-29)22-24-14-18-36(19-15-24)28-9-5-6-10-28/h2-4,7-8,11-13,17,21,23-24,28H,5-6,9-10,14-16,18-20,22H2,1H3,(H,33,34,35)/t23-/m0/s1. The summed E-state index contributed by atoms with van der Waals surface area (Å²) in [7, 11) is 0. The number of hydrogen-bond acceptors (Lipinski definition) is 6. The van der Waals surface area contributed by atoms with Crippen molar-refractivity contribution in [3.8, 4) is 5.75 Å². The summed E-state index contributed by atoms with van der Waals surface area (Å²) in [6.07, 6.45) is 10.2. The summed E-state index contributed by atoms with van der Waals surface area (Å²) in [5.74, 6) is 2.50. The molecule has 7 nitrogen and oxygen atoms in total. The number of amides is 1. The van der Waals surface area contributed by atoms with Crippen molar-refractivity contribution >= 4 is 17.7 Å². The number of likely N-dealkylation sites (tertiary alicyclic amines) is 1. The molecule has 2 aromatic carbocycles. The number of aromatic nitrogens is 2. The molecule has 2 fully saturated rings. The number of nitrogens with one attached hydrogen (secondary N) is 1. The Morgan fingerprint density at radius 2 is 1.87 bits per heavy atom. The molecule has 1 amide bonds. The van der Waals surface area contributed by atoms with Crippen LogP contribution in [0.2, 0.25) is 0 Å². The minimum atomic E-state index is -0.0105. The molecule has 3 aromatic rings. The Morgan fingerprint density at radius 1 is 1.08 bits per heavy atom. The fourth-order valence-corrected chi connectivity index (χ4v) is 6.37. The Labute approximate surface area is 231 Å². The molecule has 1 aliphatic carbocycles. The van der Waals surface area contributed by atoms with E-state index in [0.717, 1.165) is 55.3 Å². The second kappa shape index (κ2) is 11.7. The van der Waals surface area contributed by atoms with Gasteiger partial charge in [-0.25, -0.2) is 4.98 Å². The first kappa shape index (κ1) is 25.8. The van der Waals surface area contributed by atoms with E-state index in [-0.39, 0.29) is 11.9 Å². The minimum absolute atomic E-state index is 0.0105. The number of piperidine rings is 1. The Hall–Kier alpha value is -3.45. The number of rotatable bonds is 8. The maximum atomic E-state index is 14.0. The lowest BCUT2D eigenvalue weighted by molar-refractivity contribution is 0.0966. The smallest absolute Gasteiger partial charge is 0.259 e. The number of fused-ring (bicyclic) bond motifs is 1. The van der Waals surface area contributed by atoms with E-state index in [9.17, 15) is 4.79 Å². The zero-order valence-corrected chi connectivity index (χ0v) is 22.9. The van der Waals surface area contributed by atoms with E-state index in [1.807, 2.05) is 47.4 Å². The van der Waals surface area contributed by atoms with Crippen LogP contribution >= 0.6 is 0 Å². The van der Waals surface area contributed by atoms with Crippen LogP contribution in [0.15, 0.2) is 60.8 Å².